The molecule has 0 spiro atoms. The maximum Gasteiger partial charge on any atom is 0.338 e. The van der Waals surface area contributed by atoms with Gasteiger partial charge in [0.1, 0.15) is 30.7 Å². The highest BCUT2D eigenvalue weighted by molar-refractivity contribution is 6.37. The van der Waals surface area contributed by atoms with Gasteiger partial charge in [0.15, 0.2) is 18.1 Å². The van der Waals surface area contributed by atoms with Crippen LogP contribution in [0.3, 0.4) is 0 Å². The van der Waals surface area contributed by atoms with E-state index in [0.29, 0.717) is 17.4 Å². The van der Waals surface area contributed by atoms with Crippen LogP contribution in [0, 0.1) is 0 Å². The number of methoxy groups -OCH3 is 1. The summed E-state index contributed by atoms with van der Waals surface area (Å²) in [7, 11) is 1.27. The van der Waals surface area contributed by atoms with E-state index in [4.69, 9.17) is 58.7 Å². The van der Waals surface area contributed by atoms with Crippen LogP contribution in [-0.4, -0.2) is 75.3 Å². The molecule has 3 aromatic carbocycles. The minimum Gasteiger partial charge on any atom is -0.483 e. The Hall–Kier alpha value is -2.93. The lowest BCUT2D eigenvalue weighted by molar-refractivity contribution is -0.293. The first-order valence-electron chi connectivity index (χ1n) is 12.9. The molecule has 0 amide bonds. The van der Waals surface area contributed by atoms with Crippen LogP contribution < -0.4 is 4.74 Å². The van der Waals surface area contributed by atoms with E-state index in [9.17, 15) is 20.1 Å². The monoisotopic (exact) mass is 636 g/mol. The summed E-state index contributed by atoms with van der Waals surface area (Å²) >= 11 is 19.4. The van der Waals surface area contributed by atoms with E-state index in [-0.39, 0.29) is 28.0 Å². The highest BCUT2D eigenvalue weighted by atomic mass is 35.5. The normalized spacial score (nSPS) is 22.3. The zero-order chi connectivity index (χ0) is 30.0. The second-order valence-electron chi connectivity index (χ2n) is 9.56. The van der Waals surface area contributed by atoms with Crippen molar-refractivity contribution >= 4 is 51.8 Å². The van der Waals surface area contributed by atoms with Crippen LogP contribution in [0.1, 0.15) is 21.7 Å². The van der Waals surface area contributed by atoms with E-state index in [1.54, 1.807) is 0 Å². The molecule has 1 aromatic heterocycles. The maximum atomic E-state index is 13.0. The van der Waals surface area contributed by atoms with E-state index < -0.39 is 43.3 Å². The first-order valence-corrected chi connectivity index (χ1v) is 14.0. The van der Waals surface area contributed by atoms with Crippen LogP contribution in [0.15, 0.2) is 60.7 Å². The number of hydrogen-bond acceptors (Lipinski definition) is 9. The Morgan fingerprint density at radius 1 is 1.00 bits per heavy atom. The first-order chi connectivity index (χ1) is 20.2. The van der Waals surface area contributed by atoms with E-state index in [1.807, 2.05) is 53.1 Å². The third kappa shape index (κ3) is 6.22. The van der Waals surface area contributed by atoms with E-state index in [1.165, 1.54) is 19.2 Å². The molecule has 13 heteroatoms. The van der Waals surface area contributed by atoms with Crippen LogP contribution in [0.5, 0.6) is 5.75 Å². The Kier molecular flexibility index (Phi) is 9.56. The lowest BCUT2D eigenvalue weighted by Gasteiger charge is -2.40. The van der Waals surface area contributed by atoms with Crippen molar-refractivity contribution in [3.8, 4) is 5.75 Å². The van der Waals surface area contributed by atoms with Gasteiger partial charge in [-0.25, -0.2) is 9.78 Å². The highest BCUT2D eigenvalue weighted by Crippen LogP contribution is 2.36. The van der Waals surface area contributed by atoms with Crippen molar-refractivity contribution in [1.29, 1.82) is 0 Å². The van der Waals surface area contributed by atoms with Crippen molar-refractivity contribution in [3.63, 3.8) is 0 Å². The molecule has 1 aliphatic heterocycles. The molecule has 5 rings (SSSR count). The van der Waals surface area contributed by atoms with Crippen LogP contribution in [-0.2, 0) is 27.4 Å². The Balaban J connectivity index is 1.34. The van der Waals surface area contributed by atoms with Gasteiger partial charge in [0, 0.05) is 12.1 Å². The lowest BCUT2D eigenvalue weighted by atomic mass is 9.99. The number of benzene rings is 3. The van der Waals surface area contributed by atoms with Crippen molar-refractivity contribution in [3.05, 3.63) is 92.7 Å². The number of ether oxygens (including phenoxy) is 4. The fourth-order valence-electron chi connectivity index (χ4n) is 4.72. The Labute approximate surface area is 255 Å². The first kappa shape index (κ1) is 30.5. The average molecular weight is 638 g/mol. The van der Waals surface area contributed by atoms with Gasteiger partial charge in [0.25, 0.3) is 0 Å². The van der Waals surface area contributed by atoms with Crippen molar-refractivity contribution in [2.24, 2.45) is 0 Å². The quantitative estimate of drug-likeness (QED) is 0.231. The molecule has 1 saturated heterocycles. The molecule has 5 atom stereocenters. The number of para-hydroxylation sites is 2. The Bertz CT molecular complexity index is 1560. The zero-order valence-electron chi connectivity index (χ0n) is 22.2. The summed E-state index contributed by atoms with van der Waals surface area (Å²) in [5, 5.41) is 30.7. The molecule has 1 fully saturated rings. The van der Waals surface area contributed by atoms with Gasteiger partial charge in [-0.1, -0.05) is 65.1 Å². The molecule has 0 unspecified atom stereocenters. The van der Waals surface area contributed by atoms with Crippen LogP contribution in [0.2, 0.25) is 15.1 Å². The molecule has 1 aliphatic rings. The summed E-state index contributed by atoms with van der Waals surface area (Å²) in [4.78, 5) is 17.7. The SMILES string of the molecule is CO[C@H]1O[C@H](CO)[C@@H](O)[C@H](O)[C@H]1OC(=O)c1cc(Cl)c(OCc2nc3ccccc3n2Cc2ccccc2Cl)c(Cl)c1. The van der Waals surface area contributed by atoms with Crippen LogP contribution in [0.4, 0.5) is 0 Å². The second kappa shape index (κ2) is 13.2. The van der Waals surface area contributed by atoms with Crippen LogP contribution in [0.25, 0.3) is 11.0 Å². The van der Waals surface area contributed by atoms with Crippen molar-refractivity contribution < 1.29 is 39.1 Å². The number of aliphatic hydroxyl groups excluding tert-OH is 3. The minimum absolute atomic E-state index is 0.00734. The predicted molar refractivity (Wildman–Crippen MR) is 155 cm³/mol. The number of carbonyl (C=O) groups excluding carboxylic acids is 1. The van der Waals surface area contributed by atoms with E-state index in [2.05, 4.69) is 0 Å². The fourth-order valence-corrected chi connectivity index (χ4v) is 5.52. The average Bonchev–Trinajstić information content (AvgIpc) is 3.33. The van der Waals surface area contributed by atoms with Gasteiger partial charge in [-0.05, 0) is 35.9 Å². The fraction of sp³-hybridized carbons (Fsp3) is 0.310. The smallest absolute Gasteiger partial charge is 0.338 e. The summed E-state index contributed by atoms with van der Waals surface area (Å²) in [6.07, 6.45) is -6.83. The van der Waals surface area contributed by atoms with Gasteiger partial charge in [0.2, 0.25) is 0 Å². The molecule has 222 valence electrons. The minimum atomic E-state index is -1.58. The largest absolute Gasteiger partial charge is 0.483 e. The number of rotatable bonds is 9. The second-order valence-corrected chi connectivity index (χ2v) is 10.8. The summed E-state index contributed by atoms with van der Waals surface area (Å²) in [5.41, 5.74) is 2.54. The molecular formula is C29H27Cl3N2O8. The number of aliphatic hydroxyl groups is 3. The van der Waals surface area contributed by atoms with E-state index in [0.717, 1.165) is 16.6 Å². The Morgan fingerprint density at radius 3 is 2.38 bits per heavy atom. The summed E-state index contributed by atoms with van der Waals surface area (Å²) in [6, 6.07) is 17.8. The Morgan fingerprint density at radius 2 is 1.69 bits per heavy atom. The predicted octanol–water partition coefficient (Wildman–Crippen LogP) is 4.23. The number of fused-ring (bicyclic) bond motifs is 1. The molecule has 10 nitrogen and oxygen atoms in total. The van der Waals surface area contributed by atoms with Gasteiger partial charge in [0.05, 0.1) is 39.8 Å². The molecule has 42 heavy (non-hydrogen) atoms. The number of imidazole rings is 1. The van der Waals surface area contributed by atoms with E-state index >= 15 is 0 Å². The number of halogens is 3. The number of aromatic nitrogens is 2. The topological polar surface area (TPSA) is 133 Å². The molecule has 0 saturated carbocycles. The highest BCUT2D eigenvalue weighted by Gasteiger charge is 2.47. The van der Waals surface area contributed by atoms with Gasteiger partial charge in [-0.3, -0.25) is 0 Å². The summed E-state index contributed by atoms with van der Waals surface area (Å²) in [6.45, 7) is -0.104. The van der Waals surface area contributed by atoms with Crippen molar-refractivity contribution in [2.75, 3.05) is 13.7 Å². The lowest BCUT2D eigenvalue weighted by Crippen LogP contribution is -2.60. The molecule has 4 aromatic rings. The zero-order valence-corrected chi connectivity index (χ0v) is 24.5. The number of carbonyl (C=O) groups is 1. The molecule has 0 aliphatic carbocycles. The number of hydrogen-bond donors (Lipinski definition) is 3. The third-order valence-corrected chi connectivity index (χ3v) is 7.83. The molecular weight excluding hydrogens is 611 g/mol. The van der Waals surface area contributed by atoms with Gasteiger partial charge < -0.3 is 38.8 Å². The standard InChI is InChI=1S/C29H27Cl3N2O8/c1-39-29-27(25(37)24(36)22(13-35)41-29)42-28(38)16-10-18(31)26(19(32)11-16)40-14-23-33-20-8-4-5-9-21(20)34(23)12-15-6-2-3-7-17(15)30/h2-11,22,24-25,27,29,35-37H,12-14H2,1H3/t22-,24-,25+,27-,29+/m1/s1. The van der Waals surface area contributed by atoms with Crippen molar-refractivity contribution in [1.82, 2.24) is 9.55 Å². The van der Waals surface area contributed by atoms with Crippen molar-refractivity contribution in [2.45, 2.75) is 43.9 Å². The number of nitrogens with zero attached hydrogens (tertiary/aromatic N) is 2. The summed E-state index contributed by atoms with van der Waals surface area (Å²) in [5.74, 6) is -0.178. The van der Waals surface area contributed by atoms with Gasteiger partial charge in [-0.15, -0.1) is 0 Å². The van der Waals surface area contributed by atoms with Gasteiger partial charge >= 0.3 is 5.97 Å². The maximum absolute atomic E-state index is 13.0. The van der Waals surface area contributed by atoms with Gasteiger partial charge in [-0.2, -0.15) is 0 Å². The third-order valence-electron chi connectivity index (χ3n) is 6.90. The number of esters is 1. The summed E-state index contributed by atoms with van der Waals surface area (Å²) < 4.78 is 23.9. The molecule has 0 bridgehead atoms. The van der Waals surface area contributed by atoms with Crippen LogP contribution >= 0.6 is 34.8 Å². The molecule has 2 heterocycles. The molecule has 3 N–H and O–H groups in total. The molecule has 0 radical (unpaired) electrons.